The van der Waals surface area contributed by atoms with E-state index in [1.165, 1.54) is 17.0 Å². The molecule has 2 heterocycles. The molecule has 3 aromatic rings. The van der Waals surface area contributed by atoms with E-state index in [9.17, 15) is 22.8 Å². The molecule has 2 atom stereocenters. The molecule has 4 nitrogen and oxygen atoms in total. The number of benzene rings is 2. The maximum atomic E-state index is 13.3. The van der Waals surface area contributed by atoms with E-state index in [0.717, 1.165) is 29.7 Å². The lowest BCUT2D eigenvalue weighted by Crippen LogP contribution is -2.42. The lowest BCUT2D eigenvalue weighted by atomic mass is 9.92. The Morgan fingerprint density at radius 3 is 2.62 bits per heavy atom. The second-order valence-electron chi connectivity index (χ2n) is 8.47. The van der Waals surface area contributed by atoms with Crippen LogP contribution in [0.5, 0.6) is 0 Å². The zero-order valence-corrected chi connectivity index (χ0v) is 19.5. The van der Waals surface area contributed by atoms with Crippen LogP contribution in [0.25, 0.3) is 0 Å². The quantitative estimate of drug-likeness (QED) is 0.494. The van der Waals surface area contributed by atoms with Crippen molar-refractivity contribution in [3.05, 3.63) is 93.2 Å². The predicted molar refractivity (Wildman–Crippen MR) is 125 cm³/mol. The predicted octanol–water partition coefficient (Wildman–Crippen LogP) is 5.58. The van der Waals surface area contributed by atoms with E-state index in [-0.39, 0.29) is 30.8 Å². The first-order valence-corrected chi connectivity index (χ1v) is 12.0. The summed E-state index contributed by atoms with van der Waals surface area (Å²) in [5, 5.41) is 4.70. The fourth-order valence-corrected chi connectivity index (χ4v) is 5.18. The third kappa shape index (κ3) is 5.33. The number of rotatable bonds is 6. The van der Waals surface area contributed by atoms with Crippen LogP contribution in [0.15, 0.2) is 66.0 Å². The average Bonchev–Trinajstić information content (AvgIpc) is 3.31. The minimum absolute atomic E-state index is 0.0250. The molecule has 34 heavy (non-hydrogen) atoms. The Kier molecular flexibility index (Phi) is 7.07. The summed E-state index contributed by atoms with van der Waals surface area (Å²) in [5.74, 6) is -1.10. The molecule has 2 amide bonds. The maximum Gasteiger partial charge on any atom is 0.416 e. The van der Waals surface area contributed by atoms with Crippen molar-refractivity contribution in [2.45, 2.75) is 38.5 Å². The maximum absolute atomic E-state index is 13.3. The minimum Gasteiger partial charge on any atom is -0.352 e. The Morgan fingerprint density at radius 1 is 1.12 bits per heavy atom. The van der Waals surface area contributed by atoms with Crippen LogP contribution in [0.4, 0.5) is 13.2 Å². The Balaban J connectivity index is 1.41. The molecule has 0 saturated carbocycles. The molecule has 2 unspecified atom stereocenters. The first kappa shape index (κ1) is 24.0. The Bertz CT molecular complexity index is 1160. The van der Waals surface area contributed by atoms with Gasteiger partial charge in [-0.25, -0.2) is 0 Å². The number of alkyl halides is 3. The Hall–Kier alpha value is -3.13. The molecule has 4 rings (SSSR count). The minimum atomic E-state index is -4.44. The first-order valence-electron chi connectivity index (χ1n) is 11.1. The van der Waals surface area contributed by atoms with Crippen LogP contribution in [-0.4, -0.2) is 23.3 Å². The van der Waals surface area contributed by atoms with Gasteiger partial charge in [-0.05, 0) is 46.7 Å². The Labute approximate surface area is 200 Å². The topological polar surface area (TPSA) is 49.4 Å². The van der Waals surface area contributed by atoms with Gasteiger partial charge in [-0.2, -0.15) is 13.2 Å². The molecule has 0 bridgehead atoms. The lowest BCUT2D eigenvalue weighted by Gasteiger charge is -2.37. The van der Waals surface area contributed by atoms with Crippen molar-refractivity contribution in [3.8, 4) is 0 Å². The smallest absolute Gasteiger partial charge is 0.352 e. The standard InChI is InChI=1S/C26H25F3N2O2S/c1-17(25(33)30-16-18-6-5-9-20(15-18)26(27,28)29)14-23(32)31-12-10-22-21(11-13-34-22)24(31)19-7-3-2-4-8-19/h2-9,11,13,15,17,24H,10,12,14,16H2,1H3,(H,30,33). The highest BCUT2D eigenvalue weighted by Crippen LogP contribution is 2.38. The fraction of sp³-hybridized carbons (Fsp3) is 0.308. The highest BCUT2D eigenvalue weighted by molar-refractivity contribution is 7.10. The molecule has 1 aliphatic heterocycles. The van der Waals surface area contributed by atoms with Gasteiger partial charge in [0.15, 0.2) is 0 Å². The molecule has 0 spiro atoms. The van der Waals surface area contributed by atoms with Gasteiger partial charge in [0, 0.05) is 30.3 Å². The highest BCUT2D eigenvalue weighted by Gasteiger charge is 2.34. The van der Waals surface area contributed by atoms with E-state index in [1.54, 1.807) is 18.3 Å². The van der Waals surface area contributed by atoms with E-state index in [0.29, 0.717) is 12.1 Å². The highest BCUT2D eigenvalue weighted by atomic mass is 32.1. The second kappa shape index (κ2) is 10.0. The molecule has 2 aromatic carbocycles. The van der Waals surface area contributed by atoms with Gasteiger partial charge in [0.2, 0.25) is 11.8 Å². The van der Waals surface area contributed by atoms with Crippen molar-refractivity contribution in [1.29, 1.82) is 0 Å². The molecule has 0 radical (unpaired) electrons. The number of hydrogen-bond acceptors (Lipinski definition) is 3. The third-order valence-electron chi connectivity index (χ3n) is 6.05. The van der Waals surface area contributed by atoms with Gasteiger partial charge in [0.25, 0.3) is 0 Å². The van der Waals surface area contributed by atoms with Crippen molar-refractivity contribution >= 4 is 23.2 Å². The number of nitrogens with zero attached hydrogens (tertiary/aromatic N) is 1. The van der Waals surface area contributed by atoms with Crippen molar-refractivity contribution in [3.63, 3.8) is 0 Å². The van der Waals surface area contributed by atoms with Crippen LogP contribution in [-0.2, 0) is 28.7 Å². The van der Waals surface area contributed by atoms with E-state index in [4.69, 9.17) is 0 Å². The number of nitrogens with one attached hydrogen (secondary N) is 1. The van der Waals surface area contributed by atoms with Crippen LogP contribution in [0.2, 0.25) is 0 Å². The molecule has 0 saturated heterocycles. The van der Waals surface area contributed by atoms with Gasteiger partial charge in [0.05, 0.1) is 11.6 Å². The van der Waals surface area contributed by atoms with E-state index >= 15 is 0 Å². The van der Waals surface area contributed by atoms with Gasteiger partial charge >= 0.3 is 6.18 Å². The molecular weight excluding hydrogens is 461 g/mol. The summed E-state index contributed by atoms with van der Waals surface area (Å²) in [6.45, 7) is 2.21. The normalized spacial score (nSPS) is 16.6. The van der Waals surface area contributed by atoms with Crippen LogP contribution in [0.1, 0.15) is 46.5 Å². The van der Waals surface area contributed by atoms with Gasteiger partial charge < -0.3 is 10.2 Å². The molecule has 1 N–H and O–H groups in total. The number of fused-ring (bicyclic) bond motifs is 1. The van der Waals surface area contributed by atoms with Gasteiger partial charge in [-0.1, -0.05) is 49.4 Å². The number of halogens is 3. The summed E-state index contributed by atoms with van der Waals surface area (Å²) in [6.07, 6.45) is -3.64. The lowest BCUT2D eigenvalue weighted by molar-refractivity contribution is -0.138. The number of carbonyl (C=O) groups excluding carboxylic acids is 2. The third-order valence-corrected chi connectivity index (χ3v) is 7.05. The first-order chi connectivity index (χ1) is 16.2. The largest absolute Gasteiger partial charge is 0.416 e. The average molecular weight is 487 g/mol. The molecule has 1 aliphatic rings. The molecular formula is C26H25F3N2O2S. The summed E-state index contributed by atoms with van der Waals surface area (Å²) in [5.41, 5.74) is 1.74. The van der Waals surface area contributed by atoms with E-state index in [2.05, 4.69) is 11.4 Å². The van der Waals surface area contributed by atoms with Crippen molar-refractivity contribution in [2.24, 2.45) is 5.92 Å². The van der Waals surface area contributed by atoms with Crippen molar-refractivity contribution in [2.75, 3.05) is 6.54 Å². The monoisotopic (exact) mass is 486 g/mol. The molecule has 1 aromatic heterocycles. The van der Waals surface area contributed by atoms with Crippen LogP contribution in [0, 0.1) is 5.92 Å². The number of carbonyl (C=O) groups is 2. The van der Waals surface area contributed by atoms with Crippen LogP contribution in [0.3, 0.4) is 0 Å². The zero-order valence-electron chi connectivity index (χ0n) is 18.6. The summed E-state index contributed by atoms with van der Waals surface area (Å²) in [6, 6.07) is 16.6. The van der Waals surface area contributed by atoms with Crippen LogP contribution < -0.4 is 5.32 Å². The summed E-state index contributed by atoms with van der Waals surface area (Å²) >= 11 is 1.69. The van der Waals surface area contributed by atoms with Gasteiger partial charge in [-0.3, -0.25) is 9.59 Å². The van der Waals surface area contributed by atoms with Gasteiger partial charge in [0.1, 0.15) is 0 Å². The molecule has 8 heteroatoms. The van der Waals surface area contributed by atoms with Gasteiger partial charge in [-0.15, -0.1) is 11.3 Å². The molecule has 0 aliphatic carbocycles. The van der Waals surface area contributed by atoms with Crippen molar-refractivity contribution < 1.29 is 22.8 Å². The fourth-order valence-electron chi connectivity index (χ4n) is 4.27. The Morgan fingerprint density at radius 2 is 1.88 bits per heavy atom. The number of hydrogen-bond donors (Lipinski definition) is 1. The molecule has 178 valence electrons. The number of amides is 2. The summed E-state index contributed by atoms with van der Waals surface area (Å²) in [4.78, 5) is 29.0. The zero-order chi connectivity index (χ0) is 24.3. The van der Waals surface area contributed by atoms with E-state index in [1.807, 2.05) is 40.6 Å². The SMILES string of the molecule is CC(CC(=O)N1CCc2sccc2C1c1ccccc1)C(=O)NCc1cccc(C(F)(F)F)c1. The van der Waals surface area contributed by atoms with Crippen molar-refractivity contribution in [1.82, 2.24) is 10.2 Å². The summed E-state index contributed by atoms with van der Waals surface area (Å²) in [7, 11) is 0. The second-order valence-corrected chi connectivity index (χ2v) is 9.47. The molecule has 0 fully saturated rings. The van der Waals surface area contributed by atoms with E-state index < -0.39 is 17.7 Å². The number of thiophene rings is 1. The van der Waals surface area contributed by atoms with Crippen LogP contribution >= 0.6 is 11.3 Å². The summed E-state index contributed by atoms with van der Waals surface area (Å²) < 4.78 is 38.7.